The van der Waals surface area contributed by atoms with E-state index in [9.17, 15) is 0 Å². The van der Waals surface area contributed by atoms with E-state index in [-0.39, 0.29) is 6.04 Å². The van der Waals surface area contributed by atoms with Gasteiger partial charge in [-0.05, 0) is 59.0 Å². The zero-order valence-electron chi connectivity index (χ0n) is 10.1. The Morgan fingerprint density at radius 2 is 2.17 bits per heavy atom. The van der Waals surface area contributed by atoms with Crippen molar-refractivity contribution in [3.8, 4) is 0 Å². The number of nitrogens with two attached hydrogens (primary N) is 1. The first kappa shape index (κ1) is 13.2. The van der Waals surface area contributed by atoms with E-state index in [1.807, 2.05) is 30.6 Å². The average Bonchev–Trinajstić information content (AvgIpc) is 2.38. The van der Waals surface area contributed by atoms with Crippen LogP contribution in [-0.2, 0) is 12.8 Å². The van der Waals surface area contributed by atoms with Gasteiger partial charge in [-0.25, -0.2) is 0 Å². The maximum atomic E-state index is 6.13. The Bertz CT molecular complexity index is 487. The molecule has 4 heteroatoms. The van der Waals surface area contributed by atoms with Crippen LogP contribution in [0.25, 0.3) is 0 Å². The molecule has 0 aliphatic rings. The molecule has 0 aromatic carbocycles. The summed E-state index contributed by atoms with van der Waals surface area (Å²) in [6.07, 6.45) is 8.17. The van der Waals surface area contributed by atoms with Crippen molar-refractivity contribution in [2.24, 2.45) is 5.73 Å². The van der Waals surface area contributed by atoms with Gasteiger partial charge in [-0.3, -0.25) is 9.97 Å². The SMILES string of the molecule is NC(CCc1ccccn1)Cc1cncc(Br)c1. The maximum absolute atomic E-state index is 6.13. The standard InChI is InChI=1S/C14H16BrN3/c15-12-7-11(9-17-10-12)8-13(16)4-5-14-3-1-2-6-18-14/h1-3,6-7,9-10,13H,4-5,8,16H2. The molecule has 18 heavy (non-hydrogen) atoms. The molecule has 0 aliphatic heterocycles. The Morgan fingerprint density at radius 1 is 1.28 bits per heavy atom. The molecule has 1 unspecified atom stereocenters. The zero-order chi connectivity index (χ0) is 12.8. The number of aryl methyl sites for hydroxylation is 1. The van der Waals surface area contributed by atoms with Gasteiger partial charge in [0.05, 0.1) is 0 Å². The summed E-state index contributed by atoms with van der Waals surface area (Å²) in [4.78, 5) is 8.44. The lowest BCUT2D eigenvalue weighted by molar-refractivity contribution is 0.604. The Hall–Kier alpha value is -1.26. The van der Waals surface area contributed by atoms with Gasteiger partial charge in [-0.1, -0.05) is 6.07 Å². The third kappa shape index (κ3) is 4.20. The molecule has 0 saturated carbocycles. The fourth-order valence-corrected chi connectivity index (χ4v) is 2.26. The molecule has 0 radical (unpaired) electrons. The van der Waals surface area contributed by atoms with Crippen LogP contribution in [0.1, 0.15) is 17.7 Å². The van der Waals surface area contributed by atoms with E-state index in [0.717, 1.165) is 35.0 Å². The van der Waals surface area contributed by atoms with E-state index in [1.165, 1.54) is 0 Å². The zero-order valence-corrected chi connectivity index (χ0v) is 11.7. The molecule has 2 rings (SSSR count). The van der Waals surface area contributed by atoms with Gasteiger partial charge < -0.3 is 5.73 Å². The van der Waals surface area contributed by atoms with Crippen LogP contribution in [0.3, 0.4) is 0 Å². The second-order valence-electron chi connectivity index (χ2n) is 4.34. The molecular weight excluding hydrogens is 290 g/mol. The molecule has 94 valence electrons. The summed E-state index contributed by atoms with van der Waals surface area (Å²) < 4.78 is 0.997. The van der Waals surface area contributed by atoms with Gasteiger partial charge in [-0.15, -0.1) is 0 Å². The predicted molar refractivity (Wildman–Crippen MR) is 76.2 cm³/mol. The summed E-state index contributed by atoms with van der Waals surface area (Å²) in [6, 6.07) is 8.17. The van der Waals surface area contributed by atoms with Gasteiger partial charge >= 0.3 is 0 Å². The van der Waals surface area contributed by atoms with E-state index in [1.54, 1.807) is 6.20 Å². The lowest BCUT2D eigenvalue weighted by Gasteiger charge is -2.11. The minimum atomic E-state index is 0.142. The van der Waals surface area contributed by atoms with Crippen LogP contribution in [-0.4, -0.2) is 16.0 Å². The van der Waals surface area contributed by atoms with Gasteiger partial charge in [0.15, 0.2) is 0 Å². The molecule has 0 spiro atoms. The van der Waals surface area contributed by atoms with Crippen LogP contribution in [0.4, 0.5) is 0 Å². The number of pyridine rings is 2. The van der Waals surface area contributed by atoms with E-state index >= 15 is 0 Å². The minimum absolute atomic E-state index is 0.142. The number of nitrogens with zero attached hydrogens (tertiary/aromatic N) is 2. The van der Waals surface area contributed by atoms with E-state index in [0.29, 0.717) is 0 Å². The molecule has 2 aromatic rings. The molecule has 2 N–H and O–H groups in total. The van der Waals surface area contributed by atoms with Crippen LogP contribution in [0.2, 0.25) is 0 Å². The van der Waals surface area contributed by atoms with Crippen LogP contribution in [0.5, 0.6) is 0 Å². The summed E-state index contributed by atoms with van der Waals surface area (Å²) in [5, 5.41) is 0. The molecule has 0 bridgehead atoms. The van der Waals surface area contributed by atoms with E-state index in [2.05, 4.69) is 32.0 Å². The molecule has 3 nitrogen and oxygen atoms in total. The largest absolute Gasteiger partial charge is 0.327 e. The smallest absolute Gasteiger partial charge is 0.0410 e. The Morgan fingerprint density at radius 3 is 2.89 bits per heavy atom. The summed E-state index contributed by atoms with van der Waals surface area (Å²) in [6.45, 7) is 0. The highest BCUT2D eigenvalue weighted by atomic mass is 79.9. The van der Waals surface area contributed by atoms with Gasteiger partial charge in [-0.2, -0.15) is 0 Å². The van der Waals surface area contributed by atoms with E-state index in [4.69, 9.17) is 5.73 Å². The molecule has 0 aliphatic carbocycles. The highest BCUT2D eigenvalue weighted by Gasteiger charge is 2.06. The van der Waals surface area contributed by atoms with Gasteiger partial charge in [0.2, 0.25) is 0 Å². The van der Waals surface area contributed by atoms with Crippen LogP contribution in [0, 0.1) is 0 Å². The van der Waals surface area contributed by atoms with Crippen molar-refractivity contribution >= 4 is 15.9 Å². The molecule has 0 saturated heterocycles. The Balaban J connectivity index is 1.84. The van der Waals surface area contributed by atoms with Gasteiger partial charge in [0.25, 0.3) is 0 Å². The number of aromatic nitrogens is 2. The molecule has 2 heterocycles. The van der Waals surface area contributed by atoms with Crippen molar-refractivity contribution in [2.45, 2.75) is 25.3 Å². The third-order valence-corrected chi connectivity index (χ3v) is 3.19. The Kier molecular flexibility index (Phi) is 4.84. The average molecular weight is 306 g/mol. The summed E-state index contributed by atoms with van der Waals surface area (Å²) >= 11 is 3.41. The quantitative estimate of drug-likeness (QED) is 0.924. The fourth-order valence-electron chi connectivity index (χ4n) is 1.85. The van der Waals surface area contributed by atoms with Crippen LogP contribution in [0.15, 0.2) is 47.3 Å². The van der Waals surface area contributed by atoms with Crippen molar-refractivity contribution in [2.75, 3.05) is 0 Å². The number of hydrogen-bond acceptors (Lipinski definition) is 3. The third-order valence-electron chi connectivity index (χ3n) is 2.76. The first-order valence-corrected chi connectivity index (χ1v) is 6.78. The first-order valence-electron chi connectivity index (χ1n) is 5.99. The predicted octanol–water partition coefficient (Wildman–Crippen LogP) is 2.74. The first-order chi connectivity index (χ1) is 8.74. The van der Waals surface area contributed by atoms with Crippen molar-refractivity contribution in [1.29, 1.82) is 0 Å². The Labute approximate surface area is 116 Å². The number of hydrogen-bond donors (Lipinski definition) is 1. The lowest BCUT2D eigenvalue weighted by atomic mass is 10.0. The van der Waals surface area contributed by atoms with Gasteiger partial charge in [0, 0.05) is 34.8 Å². The summed E-state index contributed by atoms with van der Waals surface area (Å²) in [5.74, 6) is 0. The maximum Gasteiger partial charge on any atom is 0.0410 e. The minimum Gasteiger partial charge on any atom is -0.327 e. The summed E-state index contributed by atoms with van der Waals surface area (Å²) in [7, 11) is 0. The van der Waals surface area contributed by atoms with Crippen molar-refractivity contribution in [3.63, 3.8) is 0 Å². The van der Waals surface area contributed by atoms with Crippen molar-refractivity contribution in [1.82, 2.24) is 9.97 Å². The molecule has 1 atom stereocenters. The van der Waals surface area contributed by atoms with Crippen LogP contribution >= 0.6 is 15.9 Å². The van der Waals surface area contributed by atoms with Gasteiger partial charge in [0.1, 0.15) is 0 Å². The number of rotatable bonds is 5. The van der Waals surface area contributed by atoms with Crippen LogP contribution < -0.4 is 5.73 Å². The molecule has 2 aromatic heterocycles. The van der Waals surface area contributed by atoms with E-state index < -0.39 is 0 Å². The molecule has 0 fully saturated rings. The highest BCUT2D eigenvalue weighted by molar-refractivity contribution is 9.10. The van der Waals surface area contributed by atoms with Crippen molar-refractivity contribution in [3.05, 3.63) is 58.6 Å². The monoisotopic (exact) mass is 305 g/mol. The number of halogens is 1. The molecule has 0 amide bonds. The second-order valence-corrected chi connectivity index (χ2v) is 5.25. The highest BCUT2D eigenvalue weighted by Crippen LogP contribution is 2.12. The summed E-state index contributed by atoms with van der Waals surface area (Å²) in [5.41, 5.74) is 8.40. The lowest BCUT2D eigenvalue weighted by Crippen LogP contribution is -2.23. The second kappa shape index (κ2) is 6.61. The fraction of sp³-hybridized carbons (Fsp3) is 0.286. The van der Waals surface area contributed by atoms with Crippen molar-refractivity contribution < 1.29 is 0 Å². The topological polar surface area (TPSA) is 51.8 Å². The normalized spacial score (nSPS) is 12.3. The molecular formula is C14H16BrN3.